The van der Waals surface area contributed by atoms with Gasteiger partial charge >= 0.3 is 5.97 Å². The van der Waals surface area contributed by atoms with E-state index in [0.717, 1.165) is 11.3 Å². The van der Waals surface area contributed by atoms with Crippen molar-refractivity contribution < 1.29 is 14.6 Å². The third-order valence-corrected chi connectivity index (χ3v) is 2.50. The topological polar surface area (TPSA) is 58.6 Å². The Morgan fingerprint density at radius 3 is 2.76 bits per heavy atom. The van der Waals surface area contributed by atoms with Crippen LogP contribution in [-0.4, -0.2) is 30.3 Å². The fourth-order valence-corrected chi connectivity index (χ4v) is 1.59. The summed E-state index contributed by atoms with van der Waals surface area (Å²) in [5, 5.41) is 12.1. The van der Waals surface area contributed by atoms with Gasteiger partial charge in [-0.15, -0.1) is 0 Å². The number of carboxylic acid groups (broad SMARTS) is 1. The molecule has 0 aromatic heterocycles. The maximum absolute atomic E-state index is 10.8. The predicted octanol–water partition coefficient (Wildman–Crippen LogP) is 2.53. The van der Waals surface area contributed by atoms with Gasteiger partial charge in [0.15, 0.2) is 0 Å². The first kappa shape index (κ1) is 13.5. The van der Waals surface area contributed by atoms with Gasteiger partial charge in [0.05, 0.1) is 11.7 Å². The van der Waals surface area contributed by atoms with Gasteiger partial charge in [-0.1, -0.05) is 0 Å². The number of aromatic carboxylic acids is 1. The molecule has 1 unspecified atom stereocenters. The number of ether oxygens (including phenoxy) is 1. The summed E-state index contributed by atoms with van der Waals surface area (Å²) in [6.07, 6.45) is 0.138. The fourth-order valence-electron chi connectivity index (χ4n) is 1.59. The number of benzene rings is 1. The first-order valence-electron chi connectivity index (χ1n) is 5.74. The van der Waals surface area contributed by atoms with Gasteiger partial charge in [0.25, 0.3) is 0 Å². The molecule has 0 bridgehead atoms. The summed E-state index contributed by atoms with van der Waals surface area (Å²) in [6.45, 7) is 7.25. The van der Waals surface area contributed by atoms with E-state index in [1.54, 1.807) is 18.2 Å². The van der Waals surface area contributed by atoms with Crippen molar-refractivity contribution in [3.8, 4) is 0 Å². The zero-order valence-corrected chi connectivity index (χ0v) is 10.5. The lowest BCUT2D eigenvalue weighted by Crippen LogP contribution is -2.20. The van der Waals surface area contributed by atoms with Gasteiger partial charge in [-0.05, 0) is 44.5 Å². The number of nitrogens with one attached hydrogen (secondary N) is 1. The number of hydrogen-bond donors (Lipinski definition) is 2. The molecule has 94 valence electrons. The van der Waals surface area contributed by atoms with E-state index in [2.05, 4.69) is 5.32 Å². The second-order valence-corrected chi connectivity index (χ2v) is 3.98. The normalized spacial score (nSPS) is 12.2. The van der Waals surface area contributed by atoms with Crippen molar-refractivity contribution in [3.05, 3.63) is 29.3 Å². The maximum atomic E-state index is 10.8. The molecule has 4 nitrogen and oxygen atoms in total. The van der Waals surface area contributed by atoms with Crippen molar-refractivity contribution in [2.45, 2.75) is 26.9 Å². The highest BCUT2D eigenvalue weighted by atomic mass is 16.5. The van der Waals surface area contributed by atoms with Crippen LogP contribution in [0.4, 0.5) is 5.69 Å². The molecule has 0 saturated carbocycles. The molecular weight excluding hydrogens is 218 g/mol. The molecule has 17 heavy (non-hydrogen) atoms. The van der Waals surface area contributed by atoms with Crippen LogP contribution in [0.1, 0.15) is 29.8 Å². The Labute approximate surface area is 102 Å². The molecule has 0 spiro atoms. The molecular formula is C13H19NO3. The number of carboxylic acids is 1. The van der Waals surface area contributed by atoms with Gasteiger partial charge < -0.3 is 15.2 Å². The Hall–Kier alpha value is -1.55. The molecule has 0 aliphatic carbocycles. The molecule has 0 amide bonds. The Morgan fingerprint density at radius 1 is 1.53 bits per heavy atom. The minimum atomic E-state index is -0.901. The van der Waals surface area contributed by atoms with E-state index in [-0.39, 0.29) is 6.10 Å². The lowest BCUT2D eigenvalue weighted by molar-refractivity contribution is 0.0696. The highest BCUT2D eigenvalue weighted by Gasteiger charge is 2.06. The van der Waals surface area contributed by atoms with Gasteiger partial charge in [0.2, 0.25) is 0 Å². The van der Waals surface area contributed by atoms with Crippen LogP contribution in [0.2, 0.25) is 0 Å². The van der Waals surface area contributed by atoms with E-state index >= 15 is 0 Å². The minimum Gasteiger partial charge on any atom is -0.478 e. The standard InChI is InChI=1S/C13H19NO3/c1-4-17-10(3)8-14-12-6-5-11(13(15)16)7-9(12)2/h5-7,10,14H,4,8H2,1-3H3,(H,15,16). The SMILES string of the molecule is CCOC(C)CNc1ccc(C(=O)O)cc1C. The van der Waals surface area contributed by atoms with E-state index < -0.39 is 5.97 Å². The first-order chi connectivity index (χ1) is 8.04. The molecule has 1 atom stereocenters. The predicted molar refractivity (Wildman–Crippen MR) is 67.7 cm³/mol. The quantitative estimate of drug-likeness (QED) is 0.798. The summed E-state index contributed by atoms with van der Waals surface area (Å²) >= 11 is 0. The van der Waals surface area contributed by atoms with E-state index in [1.807, 2.05) is 20.8 Å². The van der Waals surface area contributed by atoms with Crippen LogP contribution in [-0.2, 0) is 4.74 Å². The monoisotopic (exact) mass is 237 g/mol. The molecule has 0 heterocycles. The van der Waals surface area contributed by atoms with Crippen molar-refractivity contribution in [1.29, 1.82) is 0 Å². The van der Waals surface area contributed by atoms with Crippen LogP contribution in [0.3, 0.4) is 0 Å². The van der Waals surface area contributed by atoms with E-state index in [4.69, 9.17) is 9.84 Å². The molecule has 0 radical (unpaired) electrons. The second kappa shape index (κ2) is 6.25. The van der Waals surface area contributed by atoms with Crippen molar-refractivity contribution in [2.75, 3.05) is 18.5 Å². The Kier molecular flexibility index (Phi) is 4.97. The van der Waals surface area contributed by atoms with Gasteiger partial charge in [0.1, 0.15) is 0 Å². The van der Waals surface area contributed by atoms with Crippen molar-refractivity contribution >= 4 is 11.7 Å². The maximum Gasteiger partial charge on any atom is 0.335 e. The zero-order chi connectivity index (χ0) is 12.8. The molecule has 2 N–H and O–H groups in total. The van der Waals surface area contributed by atoms with Crippen LogP contribution >= 0.6 is 0 Å². The summed E-state index contributed by atoms with van der Waals surface area (Å²) < 4.78 is 5.41. The van der Waals surface area contributed by atoms with E-state index in [1.165, 1.54) is 0 Å². The third kappa shape index (κ3) is 4.07. The van der Waals surface area contributed by atoms with Gasteiger partial charge in [-0.2, -0.15) is 0 Å². The Balaban J connectivity index is 2.63. The number of carbonyl (C=O) groups is 1. The summed E-state index contributed by atoms with van der Waals surface area (Å²) in [6, 6.07) is 5.05. The molecule has 1 aromatic carbocycles. The number of aryl methyl sites for hydroxylation is 1. The molecule has 0 saturated heterocycles. The summed E-state index contributed by atoms with van der Waals surface area (Å²) in [4.78, 5) is 10.8. The van der Waals surface area contributed by atoms with Crippen molar-refractivity contribution in [2.24, 2.45) is 0 Å². The lowest BCUT2D eigenvalue weighted by Gasteiger charge is -2.15. The Bertz CT molecular complexity index is 390. The smallest absolute Gasteiger partial charge is 0.335 e. The van der Waals surface area contributed by atoms with Gasteiger partial charge in [-0.25, -0.2) is 4.79 Å². The highest BCUT2D eigenvalue weighted by Crippen LogP contribution is 2.16. The van der Waals surface area contributed by atoms with Crippen molar-refractivity contribution in [1.82, 2.24) is 0 Å². The average Bonchev–Trinajstić information content (AvgIpc) is 2.27. The summed E-state index contributed by atoms with van der Waals surface area (Å²) in [7, 11) is 0. The first-order valence-corrected chi connectivity index (χ1v) is 5.74. The highest BCUT2D eigenvalue weighted by molar-refractivity contribution is 5.88. The van der Waals surface area contributed by atoms with Crippen LogP contribution < -0.4 is 5.32 Å². The third-order valence-electron chi connectivity index (χ3n) is 2.50. The largest absolute Gasteiger partial charge is 0.478 e. The minimum absolute atomic E-state index is 0.138. The van der Waals surface area contributed by atoms with Crippen LogP contribution in [0, 0.1) is 6.92 Å². The molecule has 1 rings (SSSR count). The summed E-state index contributed by atoms with van der Waals surface area (Å²) in [5.41, 5.74) is 2.18. The van der Waals surface area contributed by atoms with Gasteiger partial charge in [-0.3, -0.25) is 0 Å². The van der Waals surface area contributed by atoms with Crippen LogP contribution in [0.25, 0.3) is 0 Å². The van der Waals surface area contributed by atoms with E-state index in [9.17, 15) is 4.79 Å². The molecule has 0 fully saturated rings. The average molecular weight is 237 g/mol. The second-order valence-electron chi connectivity index (χ2n) is 3.98. The van der Waals surface area contributed by atoms with Crippen LogP contribution in [0.5, 0.6) is 0 Å². The Morgan fingerprint density at radius 2 is 2.24 bits per heavy atom. The number of anilines is 1. The lowest BCUT2D eigenvalue weighted by atomic mass is 10.1. The molecule has 0 aliphatic rings. The summed E-state index contributed by atoms with van der Waals surface area (Å²) in [5.74, 6) is -0.901. The van der Waals surface area contributed by atoms with Crippen molar-refractivity contribution in [3.63, 3.8) is 0 Å². The molecule has 0 aliphatic heterocycles. The van der Waals surface area contributed by atoms with Gasteiger partial charge in [0, 0.05) is 18.8 Å². The fraction of sp³-hybridized carbons (Fsp3) is 0.462. The molecule has 1 aromatic rings. The zero-order valence-electron chi connectivity index (χ0n) is 10.5. The molecule has 4 heteroatoms. The number of hydrogen-bond acceptors (Lipinski definition) is 3. The van der Waals surface area contributed by atoms with Crippen LogP contribution in [0.15, 0.2) is 18.2 Å². The number of rotatable bonds is 6. The van der Waals surface area contributed by atoms with E-state index in [0.29, 0.717) is 18.7 Å².